The highest BCUT2D eigenvalue weighted by Crippen LogP contribution is 2.27. The number of anilines is 1. The number of nitrogens with zero attached hydrogens (tertiary/aromatic N) is 3. The lowest BCUT2D eigenvalue weighted by Gasteiger charge is -2.02. The van der Waals surface area contributed by atoms with Crippen molar-refractivity contribution < 1.29 is 8.42 Å². The Kier molecular flexibility index (Phi) is 4.72. The average molecular weight is 434 g/mol. The monoisotopic (exact) mass is 432 g/mol. The molecule has 3 rings (SSSR count). The number of aromatic nitrogens is 3. The van der Waals surface area contributed by atoms with Gasteiger partial charge in [-0.3, -0.25) is 0 Å². The quantitative estimate of drug-likeness (QED) is 0.667. The summed E-state index contributed by atoms with van der Waals surface area (Å²) in [5, 5.41) is 4.75. The summed E-state index contributed by atoms with van der Waals surface area (Å²) in [5.74, 6) is 0.0246. The second-order valence-corrected chi connectivity index (χ2v) is 9.37. The SMILES string of the molecule is O=S(=O)(Nc1ncn(Cc2cccc(Cl)c2)n1)c1ccc(Br)s1. The molecule has 0 saturated carbocycles. The number of benzene rings is 1. The van der Waals surface area contributed by atoms with Gasteiger partial charge in [-0.25, -0.2) is 17.8 Å². The van der Waals surface area contributed by atoms with Gasteiger partial charge in [-0.15, -0.1) is 16.4 Å². The number of rotatable bonds is 5. The van der Waals surface area contributed by atoms with Crippen LogP contribution in [0.3, 0.4) is 0 Å². The van der Waals surface area contributed by atoms with Gasteiger partial charge in [0.2, 0.25) is 0 Å². The van der Waals surface area contributed by atoms with Crippen LogP contribution in [0.25, 0.3) is 0 Å². The number of hydrogen-bond donors (Lipinski definition) is 1. The third kappa shape index (κ3) is 4.11. The van der Waals surface area contributed by atoms with Gasteiger partial charge < -0.3 is 0 Å². The standard InChI is InChI=1S/C13H10BrClN4O2S2/c14-11-4-5-12(22-11)23(20,21)18-13-16-8-19(17-13)7-9-2-1-3-10(15)6-9/h1-6,8H,7H2,(H,17,18). The molecular weight excluding hydrogens is 424 g/mol. The first-order valence-corrected chi connectivity index (χ1v) is 9.81. The van der Waals surface area contributed by atoms with E-state index in [-0.39, 0.29) is 10.2 Å². The summed E-state index contributed by atoms with van der Waals surface area (Å²) >= 11 is 10.3. The molecule has 0 aliphatic carbocycles. The van der Waals surface area contributed by atoms with E-state index in [1.165, 1.54) is 17.1 Å². The Morgan fingerprint density at radius 2 is 2.13 bits per heavy atom. The molecule has 0 fully saturated rings. The number of thiophene rings is 1. The van der Waals surface area contributed by atoms with E-state index in [4.69, 9.17) is 11.6 Å². The molecule has 0 bridgehead atoms. The summed E-state index contributed by atoms with van der Waals surface area (Å²) in [6, 6.07) is 10.5. The summed E-state index contributed by atoms with van der Waals surface area (Å²) < 4.78 is 29.2. The highest BCUT2D eigenvalue weighted by Gasteiger charge is 2.18. The van der Waals surface area contributed by atoms with Gasteiger partial charge >= 0.3 is 0 Å². The number of hydrogen-bond acceptors (Lipinski definition) is 5. The van der Waals surface area contributed by atoms with Crippen LogP contribution >= 0.6 is 38.9 Å². The average Bonchev–Trinajstić information content (AvgIpc) is 3.08. The van der Waals surface area contributed by atoms with Gasteiger partial charge in [0, 0.05) is 5.02 Å². The summed E-state index contributed by atoms with van der Waals surface area (Å²) in [4.78, 5) is 3.97. The fraction of sp³-hybridized carbons (Fsp3) is 0.0769. The summed E-state index contributed by atoms with van der Waals surface area (Å²) in [5.41, 5.74) is 0.944. The Hall–Kier alpha value is -1.42. The molecule has 0 amide bonds. The second-order valence-electron chi connectivity index (χ2n) is 4.56. The van der Waals surface area contributed by atoms with Crippen molar-refractivity contribution in [2.45, 2.75) is 10.8 Å². The van der Waals surface area contributed by atoms with Crippen molar-refractivity contribution in [3.63, 3.8) is 0 Å². The Labute approximate surface area is 150 Å². The van der Waals surface area contributed by atoms with Crippen molar-refractivity contribution in [2.24, 2.45) is 0 Å². The maximum atomic E-state index is 12.2. The molecule has 1 aromatic carbocycles. The largest absolute Gasteiger partial charge is 0.273 e. The molecule has 0 radical (unpaired) electrons. The zero-order valence-electron chi connectivity index (χ0n) is 11.5. The fourth-order valence-corrected chi connectivity index (χ4v) is 5.02. The summed E-state index contributed by atoms with van der Waals surface area (Å²) in [7, 11) is -3.68. The van der Waals surface area contributed by atoms with Crippen LogP contribution in [0, 0.1) is 0 Å². The molecule has 0 unspecified atom stereocenters. The van der Waals surface area contributed by atoms with Gasteiger partial charge in [0.15, 0.2) is 0 Å². The molecule has 2 aromatic heterocycles. The molecule has 1 N–H and O–H groups in total. The van der Waals surface area contributed by atoms with Crippen LogP contribution in [0.5, 0.6) is 0 Å². The zero-order valence-corrected chi connectivity index (χ0v) is 15.5. The lowest BCUT2D eigenvalue weighted by Crippen LogP contribution is -2.13. The topological polar surface area (TPSA) is 76.9 Å². The number of sulfonamides is 1. The highest BCUT2D eigenvalue weighted by molar-refractivity contribution is 9.11. The van der Waals surface area contributed by atoms with Crippen molar-refractivity contribution in [1.29, 1.82) is 0 Å². The van der Waals surface area contributed by atoms with Crippen LogP contribution in [0.2, 0.25) is 5.02 Å². The molecule has 10 heteroatoms. The molecule has 23 heavy (non-hydrogen) atoms. The van der Waals surface area contributed by atoms with Crippen LogP contribution in [0.4, 0.5) is 5.95 Å². The molecule has 120 valence electrons. The normalized spacial score (nSPS) is 11.6. The van der Waals surface area contributed by atoms with Crippen molar-refractivity contribution in [3.05, 3.63) is 57.1 Å². The predicted octanol–water partition coefficient (Wildman–Crippen LogP) is 3.60. The highest BCUT2D eigenvalue weighted by atomic mass is 79.9. The van der Waals surface area contributed by atoms with Crippen LogP contribution in [-0.4, -0.2) is 23.2 Å². The molecule has 6 nitrogen and oxygen atoms in total. The van der Waals surface area contributed by atoms with Crippen LogP contribution in [0.15, 0.2) is 50.7 Å². The molecule has 0 aliphatic rings. The maximum Gasteiger partial charge on any atom is 0.273 e. The zero-order chi connectivity index (χ0) is 16.4. The van der Waals surface area contributed by atoms with Crippen LogP contribution < -0.4 is 4.72 Å². The van der Waals surface area contributed by atoms with E-state index in [1.807, 2.05) is 18.2 Å². The van der Waals surface area contributed by atoms with Gasteiger partial charge in [-0.2, -0.15) is 4.98 Å². The first kappa shape index (κ1) is 16.4. The first-order chi connectivity index (χ1) is 10.9. The summed E-state index contributed by atoms with van der Waals surface area (Å²) in [6.07, 6.45) is 1.46. The Morgan fingerprint density at radius 1 is 1.30 bits per heavy atom. The number of nitrogens with one attached hydrogen (secondary N) is 1. The van der Waals surface area contributed by atoms with E-state index >= 15 is 0 Å². The van der Waals surface area contributed by atoms with Gasteiger partial charge in [0.05, 0.1) is 10.3 Å². The van der Waals surface area contributed by atoms with Crippen molar-refractivity contribution in [1.82, 2.24) is 14.8 Å². The van der Waals surface area contributed by atoms with E-state index in [9.17, 15) is 8.42 Å². The van der Waals surface area contributed by atoms with Gasteiger partial charge in [-0.05, 0) is 45.8 Å². The predicted molar refractivity (Wildman–Crippen MR) is 93.4 cm³/mol. The molecule has 0 aliphatic heterocycles. The maximum absolute atomic E-state index is 12.2. The third-order valence-corrected chi connectivity index (χ3v) is 6.49. The first-order valence-electron chi connectivity index (χ1n) is 6.34. The van der Waals surface area contributed by atoms with E-state index in [0.29, 0.717) is 11.6 Å². The van der Waals surface area contributed by atoms with Crippen molar-refractivity contribution in [3.8, 4) is 0 Å². The molecule has 2 heterocycles. The minimum absolute atomic E-state index is 0.0246. The van der Waals surface area contributed by atoms with Crippen molar-refractivity contribution >= 4 is 54.8 Å². The van der Waals surface area contributed by atoms with Gasteiger partial charge in [-0.1, -0.05) is 23.7 Å². The lowest BCUT2D eigenvalue weighted by atomic mass is 10.2. The molecular formula is C13H10BrClN4O2S2. The van der Waals surface area contributed by atoms with Gasteiger partial charge in [0.25, 0.3) is 16.0 Å². The summed E-state index contributed by atoms with van der Waals surface area (Å²) in [6.45, 7) is 0.444. The second kappa shape index (κ2) is 6.60. The van der Waals surface area contributed by atoms with E-state index in [0.717, 1.165) is 20.7 Å². The molecule has 0 saturated heterocycles. The van der Waals surface area contributed by atoms with Crippen molar-refractivity contribution in [2.75, 3.05) is 4.72 Å². The Bertz CT molecular complexity index is 939. The Morgan fingerprint density at radius 3 is 2.83 bits per heavy atom. The fourth-order valence-electron chi connectivity index (χ4n) is 1.85. The Balaban J connectivity index is 1.74. The molecule has 0 atom stereocenters. The lowest BCUT2D eigenvalue weighted by molar-refractivity contribution is 0.602. The van der Waals surface area contributed by atoms with Crippen LogP contribution in [-0.2, 0) is 16.6 Å². The minimum atomic E-state index is -3.68. The van der Waals surface area contributed by atoms with Crippen LogP contribution in [0.1, 0.15) is 5.56 Å². The minimum Gasteiger partial charge on any atom is -0.246 e. The number of halogens is 2. The van der Waals surface area contributed by atoms with E-state index < -0.39 is 10.0 Å². The third-order valence-electron chi connectivity index (χ3n) is 2.81. The smallest absolute Gasteiger partial charge is 0.246 e. The van der Waals surface area contributed by atoms with Gasteiger partial charge in [0.1, 0.15) is 10.5 Å². The van der Waals surface area contributed by atoms with E-state index in [2.05, 4.69) is 30.7 Å². The van der Waals surface area contributed by atoms with E-state index in [1.54, 1.807) is 12.1 Å². The molecule has 0 spiro atoms. The molecule has 3 aromatic rings.